The van der Waals surface area contributed by atoms with Gasteiger partial charge in [0.2, 0.25) is 0 Å². The fraction of sp³-hybridized carbons (Fsp3) is 0.259. The first-order valence-corrected chi connectivity index (χ1v) is 10.7. The molecule has 0 aromatic heterocycles. The van der Waals surface area contributed by atoms with Crippen molar-refractivity contribution in [1.29, 1.82) is 0 Å². The molecule has 2 atom stereocenters. The van der Waals surface area contributed by atoms with Crippen LogP contribution in [0.5, 0.6) is 11.5 Å². The fourth-order valence-electron chi connectivity index (χ4n) is 4.79. The molecule has 0 amide bonds. The molecule has 0 spiro atoms. The Morgan fingerprint density at radius 3 is 2.31 bits per heavy atom. The Balaban J connectivity index is 1.43. The van der Waals surface area contributed by atoms with Crippen molar-refractivity contribution in [2.45, 2.75) is 44.3 Å². The SMILES string of the molecule is C1=C(c2ccccc2Oc2ccccc2)CC2CCCC1N2Cc1ccccc1. The van der Waals surface area contributed by atoms with Crippen molar-refractivity contribution in [1.82, 2.24) is 4.90 Å². The molecule has 5 rings (SSSR count). The Morgan fingerprint density at radius 1 is 0.793 bits per heavy atom. The Morgan fingerprint density at radius 2 is 1.52 bits per heavy atom. The van der Waals surface area contributed by atoms with E-state index in [9.17, 15) is 0 Å². The first-order chi connectivity index (χ1) is 14.4. The summed E-state index contributed by atoms with van der Waals surface area (Å²) in [5.74, 6) is 1.85. The standard InChI is InChI=1S/C27H27NO/c1-3-10-21(11-4-1)20-28-23-12-9-13-24(28)19-22(18-23)26-16-7-8-17-27(26)29-25-14-5-2-6-15-25/h1-8,10-11,14-18,23-24H,9,12-13,19-20H2. The van der Waals surface area contributed by atoms with E-state index in [1.54, 1.807) is 0 Å². The Labute approximate surface area is 173 Å². The zero-order valence-electron chi connectivity index (χ0n) is 16.7. The second-order valence-electron chi connectivity index (χ2n) is 8.12. The topological polar surface area (TPSA) is 12.5 Å². The molecule has 1 fully saturated rings. The van der Waals surface area contributed by atoms with Gasteiger partial charge in [-0.1, -0.05) is 79.2 Å². The molecule has 2 nitrogen and oxygen atoms in total. The number of ether oxygens (including phenoxy) is 1. The van der Waals surface area contributed by atoms with Gasteiger partial charge in [0, 0.05) is 24.2 Å². The van der Waals surface area contributed by atoms with Gasteiger partial charge in [-0.15, -0.1) is 0 Å². The van der Waals surface area contributed by atoms with E-state index in [0.717, 1.165) is 24.5 Å². The molecular weight excluding hydrogens is 354 g/mol. The lowest BCUT2D eigenvalue weighted by molar-refractivity contribution is 0.0951. The maximum atomic E-state index is 6.25. The zero-order valence-corrected chi connectivity index (χ0v) is 16.7. The molecule has 3 aromatic carbocycles. The lowest BCUT2D eigenvalue weighted by Gasteiger charge is -2.45. The van der Waals surface area contributed by atoms with Gasteiger partial charge in [0.05, 0.1) is 0 Å². The summed E-state index contributed by atoms with van der Waals surface area (Å²) < 4.78 is 6.25. The molecule has 2 unspecified atom stereocenters. The van der Waals surface area contributed by atoms with Gasteiger partial charge in [0.1, 0.15) is 11.5 Å². The molecule has 3 aromatic rings. The molecule has 0 radical (unpaired) electrons. The minimum absolute atomic E-state index is 0.516. The van der Waals surface area contributed by atoms with Crippen LogP contribution >= 0.6 is 0 Å². The van der Waals surface area contributed by atoms with Gasteiger partial charge in [-0.05, 0) is 48.6 Å². The smallest absolute Gasteiger partial charge is 0.134 e. The highest BCUT2D eigenvalue weighted by atomic mass is 16.5. The van der Waals surface area contributed by atoms with Gasteiger partial charge in [-0.25, -0.2) is 0 Å². The highest BCUT2D eigenvalue weighted by Gasteiger charge is 2.34. The van der Waals surface area contributed by atoms with Gasteiger partial charge >= 0.3 is 0 Å². The maximum Gasteiger partial charge on any atom is 0.134 e. The maximum absolute atomic E-state index is 6.25. The molecule has 0 saturated carbocycles. The Kier molecular flexibility index (Phi) is 5.19. The average molecular weight is 382 g/mol. The van der Waals surface area contributed by atoms with Gasteiger partial charge in [-0.3, -0.25) is 4.90 Å². The second-order valence-corrected chi connectivity index (χ2v) is 8.12. The molecule has 0 N–H and O–H groups in total. The van der Waals surface area contributed by atoms with Crippen LogP contribution < -0.4 is 4.74 Å². The van der Waals surface area contributed by atoms with Crippen LogP contribution in [0.25, 0.3) is 5.57 Å². The average Bonchev–Trinajstić information content (AvgIpc) is 2.75. The zero-order chi connectivity index (χ0) is 19.5. The third kappa shape index (κ3) is 3.99. The molecule has 0 aliphatic carbocycles. The quantitative estimate of drug-likeness (QED) is 0.488. The first-order valence-electron chi connectivity index (χ1n) is 10.7. The summed E-state index contributed by atoms with van der Waals surface area (Å²) in [6.07, 6.45) is 7.45. The van der Waals surface area contributed by atoms with Crippen LogP contribution in [0.3, 0.4) is 0 Å². The monoisotopic (exact) mass is 381 g/mol. The predicted octanol–water partition coefficient (Wildman–Crippen LogP) is 6.69. The van der Waals surface area contributed by atoms with Crippen molar-refractivity contribution < 1.29 is 4.74 Å². The third-order valence-corrected chi connectivity index (χ3v) is 6.19. The van der Waals surface area contributed by atoms with Crippen molar-refractivity contribution >= 4 is 5.57 Å². The van der Waals surface area contributed by atoms with E-state index in [4.69, 9.17) is 4.74 Å². The van der Waals surface area contributed by atoms with Crippen LogP contribution in [0.15, 0.2) is 91.0 Å². The second kappa shape index (κ2) is 8.26. The molecule has 2 aliphatic heterocycles. The van der Waals surface area contributed by atoms with Crippen LogP contribution in [0.2, 0.25) is 0 Å². The van der Waals surface area contributed by atoms with E-state index in [1.807, 2.05) is 30.3 Å². The van der Waals surface area contributed by atoms with Crippen molar-refractivity contribution in [3.8, 4) is 11.5 Å². The van der Waals surface area contributed by atoms with E-state index >= 15 is 0 Å². The molecule has 1 saturated heterocycles. The molecule has 29 heavy (non-hydrogen) atoms. The largest absolute Gasteiger partial charge is 0.457 e. The normalized spacial score (nSPS) is 21.4. The molecule has 2 aliphatic rings. The van der Waals surface area contributed by atoms with E-state index in [2.05, 4.69) is 65.6 Å². The molecule has 2 heteroatoms. The molecular formula is C27H27NO. The Bertz CT molecular complexity index is 980. The highest BCUT2D eigenvalue weighted by Crippen LogP contribution is 2.41. The van der Waals surface area contributed by atoms with Gasteiger partial charge in [-0.2, -0.15) is 0 Å². The number of hydrogen-bond acceptors (Lipinski definition) is 2. The number of hydrogen-bond donors (Lipinski definition) is 0. The summed E-state index contributed by atoms with van der Waals surface area (Å²) >= 11 is 0. The van der Waals surface area contributed by atoms with Crippen LogP contribution in [0.1, 0.15) is 36.8 Å². The van der Waals surface area contributed by atoms with Crippen molar-refractivity contribution in [3.05, 3.63) is 102 Å². The predicted molar refractivity (Wildman–Crippen MR) is 119 cm³/mol. The number of benzene rings is 3. The number of fused-ring (bicyclic) bond motifs is 2. The number of piperidine rings is 1. The summed E-state index contributed by atoms with van der Waals surface area (Å²) in [7, 11) is 0. The van der Waals surface area contributed by atoms with E-state index in [-0.39, 0.29) is 0 Å². The highest BCUT2D eigenvalue weighted by molar-refractivity contribution is 5.72. The van der Waals surface area contributed by atoms with Gasteiger partial charge < -0.3 is 4.74 Å². The minimum atomic E-state index is 0.516. The van der Waals surface area contributed by atoms with Crippen LogP contribution in [0, 0.1) is 0 Å². The van der Waals surface area contributed by atoms with Crippen molar-refractivity contribution in [2.75, 3.05) is 0 Å². The number of nitrogens with zero attached hydrogens (tertiary/aromatic N) is 1. The van der Waals surface area contributed by atoms with Crippen LogP contribution in [-0.2, 0) is 6.54 Å². The summed E-state index contributed by atoms with van der Waals surface area (Å²) in [6, 6.07) is 30.6. The van der Waals surface area contributed by atoms with Gasteiger partial charge in [0.25, 0.3) is 0 Å². The lowest BCUT2D eigenvalue weighted by atomic mass is 9.82. The molecule has 146 valence electrons. The third-order valence-electron chi connectivity index (χ3n) is 6.19. The summed E-state index contributed by atoms with van der Waals surface area (Å²) in [5.41, 5.74) is 4.09. The fourth-order valence-corrected chi connectivity index (χ4v) is 4.79. The van der Waals surface area contributed by atoms with E-state index in [0.29, 0.717) is 12.1 Å². The summed E-state index contributed by atoms with van der Waals surface area (Å²) in [5, 5.41) is 0. The lowest BCUT2D eigenvalue weighted by Crippen LogP contribution is -2.47. The van der Waals surface area contributed by atoms with E-state index in [1.165, 1.54) is 36.0 Å². The van der Waals surface area contributed by atoms with Gasteiger partial charge in [0.15, 0.2) is 0 Å². The molecule has 2 bridgehead atoms. The van der Waals surface area contributed by atoms with E-state index < -0.39 is 0 Å². The van der Waals surface area contributed by atoms with Crippen molar-refractivity contribution in [2.24, 2.45) is 0 Å². The summed E-state index contributed by atoms with van der Waals surface area (Å²) in [4.78, 5) is 2.71. The first kappa shape index (κ1) is 18.2. The van der Waals surface area contributed by atoms with Crippen LogP contribution in [0.4, 0.5) is 0 Å². The number of para-hydroxylation sites is 2. The van der Waals surface area contributed by atoms with Crippen molar-refractivity contribution in [3.63, 3.8) is 0 Å². The van der Waals surface area contributed by atoms with Crippen LogP contribution in [-0.4, -0.2) is 17.0 Å². The Hall–Kier alpha value is -2.84. The molecule has 2 heterocycles. The minimum Gasteiger partial charge on any atom is -0.457 e. The number of rotatable bonds is 5. The summed E-state index contributed by atoms with van der Waals surface area (Å²) in [6.45, 7) is 1.04.